The number of anilines is 1. The lowest BCUT2D eigenvalue weighted by atomic mass is 9.96. The first kappa shape index (κ1) is 22.4. The van der Waals surface area contributed by atoms with Gasteiger partial charge < -0.3 is 9.80 Å². The van der Waals surface area contributed by atoms with Gasteiger partial charge in [-0.15, -0.1) is 0 Å². The zero-order valence-corrected chi connectivity index (χ0v) is 19.7. The van der Waals surface area contributed by atoms with E-state index < -0.39 is 0 Å². The molecule has 1 atom stereocenters. The molecule has 1 amide bonds. The normalized spacial score (nSPS) is 22.6. The zero-order chi connectivity index (χ0) is 22.5. The van der Waals surface area contributed by atoms with E-state index in [1.165, 1.54) is 37.9 Å². The van der Waals surface area contributed by atoms with Gasteiger partial charge in [0.15, 0.2) is 0 Å². The zero-order valence-electron chi connectivity index (χ0n) is 19.7. The number of piperidine rings is 1. The summed E-state index contributed by atoms with van der Waals surface area (Å²) in [7, 11) is 0. The Labute approximate surface area is 198 Å². The molecule has 0 spiro atoms. The second kappa shape index (κ2) is 10.7. The third-order valence-electron chi connectivity index (χ3n) is 7.45. The van der Waals surface area contributed by atoms with Gasteiger partial charge >= 0.3 is 0 Å². The van der Waals surface area contributed by atoms with Gasteiger partial charge in [0.2, 0.25) is 0 Å². The number of carbonyl (C=O) groups is 1. The lowest BCUT2D eigenvalue weighted by Crippen LogP contribution is -2.50. The summed E-state index contributed by atoms with van der Waals surface area (Å²) in [5.41, 5.74) is 2.12. The molecule has 1 aromatic heterocycles. The predicted molar refractivity (Wildman–Crippen MR) is 132 cm³/mol. The van der Waals surface area contributed by atoms with Crippen molar-refractivity contribution < 1.29 is 4.79 Å². The summed E-state index contributed by atoms with van der Waals surface area (Å²) < 4.78 is 0. The number of nitrogens with zero attached hydrogens (tertiary/aromatic N) is 5. The highest BCUT2D eigenvalue weighted by molar-refractivity contribution is 5.94. The van der Waals surface area contributed by atoms with Gasteiger partial charge in [-0.05, 0) is 74.5 Å². The van der Waals surface area contributed by atoms with Crippen LogP contribution in [0.3, 0.4) is 0 Å². The number of amides is 1. The fourth-order valence-electron chi connectivity index (χ4n) is 5.65. The molecule has 3 aliphatic rings. The van der Waals surface area contributed by atoms with Crippen molar-refractivity contribution in [1.29, 1.82) is 0 Å². The molecule has 4 heterocycles. The number of piperazine rings is 1. The molecule has 3 fully saturated rings. The van der Waals surface area contributed by atoms with Crippen LogP contribution >= 0.6 is 0 Å². The second-order valence-electron chi connectivity index (χ2n) is 9.92. The van der Waals surface area contributed by atoms with E-state index in [0.29, 0.717) is 5.92 Å². The number of aromatic nitrogens is 1. The quantitative estimate of drug-likeness (QED) is 0.679. The molecule has 3 saturated heterocycles. The van der Waals surface area contributed by atoms with Crippen LogP contribution in [0, 0.1) is 5.92 Å². The predicted octanol–water partition coefficient (Wildman–Crippen LogP) is 3.35. The summed E-state index contributed by atoms with van der Waals surface area (Å²) in [6.07, 6.45) is 6.80. The average Bonchev–Trinajstić information content (AvgIpc) is 3.38. The minimum Gasteiger partial charge on any atom is -0.354 e. The van der Waals surface area contributed by atoms with Crippen LogP contribution in [0.4, 0.5) is 5.82 Å². The third-order valence-corrected chi connectivity index (χ3v) is 7.45. The maximum Gasteiger partial charge on any atom is 0.253 e. The standard InChI is InChI=1S/C27H37N5O/c33-27(25-9-5-7-23(19-25)20-29-12-3-4-13-29)32-14-6-8-24(22-32)21-30-15-17-31(18-16-30)26-10-1-2-11-28-26/h1-2,5,7,9-11,19,24H,3-4,6,8,12-18,20-22H2. The van der Waals surface area contributed by atoms with Crippen molar-refractivity contribution in [2.75, 3.05) is 63.8 Å². The van der Waals surface area contributed by atoms with Crippen LogP contribution in [0.25, 0.3) is 0 Å². The smallest absolute Gasteiger partial charge is 0.253 e. The van der Waals surface area contributed by atoms with Crippen molar-refractivity contribution in [2.24, 2.45) is 5.92 Å². The minimum atomic E-state index is 0.211. The summed E-state index contributed by atoms with van der Waals surface area (Å²) in [6, 6.07) is 14.5. The number of carbonyl (C=O) groups excluding carboxylic acids is 1. The van der Waals surface area contributed by atoms with Crippen LogP contribution in [0.15, 0.2) is 48.7 Å². The summed E-state index contributed by atoms with van der Waals surface area (Å²) >= 11 is 0. The van der Waals surface area contributed by atoms with E-state index in [2.05, 4.69) is 54.9 Å². The largest absolute Gasteiger partial charge is 0.354 e. The Morgan fingerprint density at radius 3 is 2.52 bits per heavy atom. The van der Waals surface area contributed by atoms with E-state index in [1.807, 2.05) is 18.3 Å². The Kier molecular flexibility index (Phi) is 7.22. The van der Waals surface area contributed by atoms with Crippen LogP contribution in [0.1, 0.15) is 41.6 Å². The molecular weight excluding hydrogens is 410 g/mol. The van der Waals surface area contributed by atoms with Crippen molar-refractivity contribution in [2.45, 2.75) is 32.2 Å². The van der Waals surface area contributed by atoms with Gasteiger partial charge in [0.05, 0.1) is 0 Å². The van der Waals surface area contributed by atoms with Crippen LogP contribution in [-0.4, -0.2) is 84.5 Å². The van der Waals surface area contributed by atoms with Crippen LogP contribution in [0.2, 0.25) is 0 Å². The average molecular weight is 448 g/mol. The van der Waals surface area contributed by atoms with E-state index >= 15 is 0 Å². The van der Waals surface area contributed by atoms with Crippen LogP contribution in [0.5, 0.6) is 0 Å². The van der Waals surface area contributed by atoms with Gasteiger partial charge in [-0.3, -0.25) is 14.6 Å². The van der Waals surface area contributed by atoms with Gasteiger partial charge in [0.1, 0.15) is 5.82 Å². The van der Waals surface area contributed by atoms with Crippen molar-refractivity contribution in [3.8, 4) is 0 Å². The first-order valence-corrected chi connectivity index (χ1v) is 12.7. The number of pyridine rings is 1. The molecule has 2 aromatic rings. The highest BCUT2D eigenvalue weighted by atomic mass is 16.2. The topological polar surface area (TPSA) is 42.9 Å². The van der Waals surface area contributed by atoms with Crippen molar-refractivity contribution in [3.05, 3.63) is 59.8 Å². The molecule has 33 heavy (non-hydrogen) atoms. The lowest BCUT2D eigenvalue weighted by Gasteiger charge is -2.39. The first-order valence-electron chi connectivity index (χ1n) is 12.7. The molecule has 0 N–H and O–H groups in total. The number of rotatable bonds is 6. The van der Waals surface area contributed by atoms with Gasteiger partial charge in [-0.2, -0.15) is 0 Å². The van der Waals surface area contributed by atoms with Crippen molar-refractivity contribution in [3.63, 3.8) is 0 Å². The minimum absolute atomic E-state index is 0.211. The van der Waals surface area contributed by atoms with Crippen molar-refractivity contribution in [1.82, 2.24) is 19.7 Å². The van der Waals surface area contributed by atoms with Gasteiger partial charge in [0, 0.05) is 64.1 Å². The maximum atomic E-state index is 13.3. The summed E-state index contributed by atoms with van der Waals surface area (Å²) in [5, 5.41) is 0. The summed E-state index contributed by atoms with van der Waals surface area (Å²) in [4.78, 5) is 27.4. The Bertz CT molecular complexity index is 906. The molecule has 0 bridgehead atoms. The van der Waals surface area contributed by atoms with E-state index in [0.717, 1.165) is 70.2 Å². The van der Waals surface area contributed by atoms with Crippen molar-refractivity contribution >= 4 is 11.7 Å². The molecule has 3 aliphatic heterocycles. The van der Waals surface area contributed by atoms with Gasteiger partial charge in [-0.25, -0.2) is 4.98 Å². The summed E-state index contributed by atoms with van der Waals surface area (Å²) in [6.45, 7) is 10.4. The van der Waals surface area contributed by atoms with Crippen LogP contribution < -0.4 is 4.90 Å². The summed E-state index contributed by atoms with van der Waals surface area (Å²) in [5.74, 6) is 1.86. The van der Waals surface area contributed by atoms with E-state index in [9.17, 15) is 4.79 Å². The molecule has 0 aliphatic carbocycles. The maximum absolute atomic E-state index is 13.3. The molecule has 0 radical (unpaired) electrons. The number of hydrogen-bond acceptors (Lipinski definition) is 5. The molecule has 0 saturated carbocycles. The van der Waals surface area contributed by atoms with Crippen LogP contribution in [-0.2, 0) is 6.54 Å². The third kappa shape index (κ3) is 5.74. The van der Waals surface area contributed by atoms with E-state index in [4.69, 9.17) is 0 Å². The Hall–Kier alpha value is -2.44. The molecule has 1 aromatic carbocycles. The van der Waals surface area contributed by atoms with E-state index in [-0.39, 0.29) is 5.91 Å². The van der Waals surface area contributed by atoms with E-state index in [1.54, 1.807) is 0 Å². The number of likely N-dealkylation sites (tertiary alicyclic amines) is 2. The lowest BCUT2D eigenvalue weighted by molar-refractivity contribution is 0.0637. The molecule has 176 valence electrons. The van der Waals surface area contributed by atoms with Gasteiger partial charge in [0.25, 0.3) is 5.91 Å². The second-order valence-corrected chi connectivity index (χ2v) is 9.92. The highest BCUT2D eigenvalue weighted by Crippen LogP contribution is 2.22. The SMILES string of the molecule is O=C(c1cccc(CN2CCCC2)c1)N1CCCC(CN2CCN(c3ccccn3)CC2)C1. The molecule has 6 nitrogen and oxygen atoms in total. The fraction of sp³-hybridized carbons (Fsp3) is 0.556. The number of benzene rings is 1. The first-order chi connectivity index (χ1) is 16.2. The fourth-order valence-corrected chi connectivity index (χ4v) is 5.65. The molecule has 1 unspecified atom stereocenters. The molecule has 6 heteroatoms. The Balaban J connectivity index is 1.13. The Morgan fingerprint density at radius 2 is 1.73 bits per heavy atom. The highest BCUT2D eigenvalue weighted by Gasteiger charge is 2.27. The Morgan fingerprint density at radius 1 is 0.879 bits per heavy atom. The monoisotopic (exact) mass is 447 g/mol. The van der Waals surface area contributed by atoms with Gasteiger partial charge in [-0.1, -0.05) is 18.2 Å². The number of hydrogen-bond donors (Lipinski definition) is 0. The molecule has 5 rings (SSSR count). The molecular formula is C27H37N5O.